The summed E-state index contributed by atoms with van der Waals surface area (Å²) in [5.74, 6) is -1.17. The molecule has 0 saturated heterocycles. The largest absolute Gasteiger partial charge is 0.416 e. The molecule has 0 radical (unpaired) electrons. The minimum atomic E-state index is -4.51. The smallest absolute Gasteiger partial charge is 0.338 e. The summed E-state index contributed by atoms with van der Waals surface area (Å²) in [7, 11) is 0. The van der Waals surface area contributed by atoms with Crippen LogP contribution >= 0.6 is 0 Å². The third-order valence-electron chi connectivity index (χ3n) is 3.73. The molecule has 1 N–H and O–H groups in total. The zero-order chi connectivity index (χ0) is 18.9. The monoisotopic (exact) mass is 364 g/mol. The molecule has 0 aliphatic heterocycles. The number of rotatable bonds is 3. The number of hydrogen-bond donors (Lipinski definition) is 1. The summed E-state index contributed by atoms with van der Waals surface area (Å²) in [6.45, 7) is -0.251. The van der Waals surface area contributed by atoms with Gasteiger partial charge in [0.25, 0.3) is 0 Å². The van der Waals surface area contributed by atoms with Crippen LogP contribution < -0.4 is 10.7 Å². The molecule has 0 atom stereocenters. The summed E-state index contributed by atoms with van der Waals surface area (Å²) < 4.78 is 52.9. The Balaban J connectivity index is 1.84. The number of benzene rings is 2. The van der Waals surface area contributed by atoms with Crippen LogP contribution in [0.25, 0.3) is 10.9 Å². The lowest BCUT2D eigenvalue weighted by atomic mass is 10.2. The van der Waals surface area contributed by atoms with Gasteiger partial charge in [0.05, 0.1) is 11.1 Å². The second kappa shape index (κ2) is 6.62. The molecule has 3 rings (SSSR count). The molecule has 0 aliphatic rings. The van der Waals surface area contributed by atoms with Crippen LogP contribution in [0.15, 0.2) is 59.5 Å². The Morgan fingerprint density at radius 3 is 2.58 bits per heavy atom. The van der Waals surface area contributed by atoms with Crippen LogP contribution in [0.3, 0.4) is 0 Å². The third-order valence-corrected chi connectivity index (χ3v) is 3.73. The Morgan fingerprint density at radius 2 is 1.85 bits per heavy atom. The topological polar surface area (TPSA) is 51.1 Å². The first kappa shape index (κ1) is 17.7. The van der Waals surface area contributed by atoms with Crippen molar-refractivity contribution in [3.05, 3.63) is 76.3 Å². The molecule has 0 unspecified atom stereocenters. The minimum absolute atomic E-state index is 0.00113. The van der Waals surface area contributed by atoms with Gasteiger partial charge < -0.3 is 9.88 Å². The molecule has 0 fully saturated rings. The Bertz CT molecular complexity index is 1040. The lowest BCUT2D eigenvalue weighted by molar-refractivity contribution is -0.137. The van der Waals surface area contributed by atoms with Gasteiger partial charge in [0.15, 0.2) is 5.43 Å². The Morgan fingerprint density at radius 1 is 1.08 bits per heavy atom. The van der Waals surface area contributed by atoms with Crippen LogP contribution in [0.2, 0.25) is 0 Å². The van der Waals surface area contributed by atoms with Gasteiger partial charge >= 0.3 is 6.18 Å². The SMILES string of the molecule is O=C(Cn1ccc(=O)c2cc(F)ccc21)Nc1cccc(C(F)(F)F)c1. The van der Waals surface area contributed by atoms with Crippen molar-refractivity contribution in [2.45, 2.75) is 12.7 Å². The Kier molecular flexibility index (Phi) is 4.50. The number of pyridine rings is 1. The third kappa shape index (κ3) is 3.74. The fourth-order valence-corrected chi connectivity index (χ4v) is 2.55. The molecule has 0 bridgehead atoms. The van der Waals surface area contributed by atoms with Crippen LogP contribution in [0.1, 0.15) is 5.56 Å². The maximum Gasteiger partial charge on any atom is 0.416 e. The maximum absolute atomic E-state index is 13.3. The molecule has 1 aromatic heterocycles. The highest BCUT2D eigenvalue weighted by atomic mass is 19.4. The van der Waals surface area contributed by atoms with E-state index >= 15 is 0 Å². The number of alkyl halides is 3. The summed E-state index contributed by atoms with van der Waals surface area (Å²) in [6.07, 6.45) is -3.14. The lowest BCUT2D eigenvalue weighted by Gasteiger charge is -2.12. The highest BCUT2D eigenvalue weighted by molar-refractivity contribution is 5.91. The molecule has 2 aromatic carbocycles. The number of amides is 1. The first-order chi connectivity index (χ1) is 12.2. The van der Waals surface area contributed by atoms with Gasteiger partial charge in [-0.2, -0.15) is 13.2 Å². The van der Waals surface area contributed by atoms with Gasteiger partial charge in [-0.25, -0.2) is 4.39 Å². The zero-order valence-corrected chi connectivity index (χ0v) is 13.2. The number of anilines is 1. The van der Waals surface area contributed by atoms with E-state index in [1.165, 1.54) is 35.0 Å². The van der Waals surface area contributed by atoms with E-state index in [0.717, 1.165) is 24.3 Å². The van der Waals surface area contributed by atoms with Crippen LogP contribution in [0.4, 0.5) is 23.2 Å². The predicted molar refractivity (Wildman–Crippen MR) is 88.2 cm³/mol. The molecule has 26 heavy (non-hydrogen) atoms. The second-order valence-corrected chi connectivity index (χ2v) is 5.60. The van der Waals surface area contributed by atoms with Crippen molar-refractivity contribution < 1.29 is 22.4 Å². The van der Waals surface area contributed by atoms with Gasteiger partial charge in [-0.3, -0.25) is 9.59 Å². The first-order valence-electron chi connectivity index (χ1n) is 7.50. The number of carbonyl (C=O) groups is 1. The molecular weight excluding hydrogens is 352 g/mol. The van der Waals surface area contributed by atoms with Gasteiger partial charge in [0.2, 0.25) is 5.91 Å². The van der Waals surface area contributed by atoms with Crippen LogP contribution in [0, 0.1) is 5.82 Å². The molecule has 8 heteroatoms. The van der Waals surface area contributed by atoms with Crippen LogP contribution in [0.5, 0.6) is 0 Å². The number of carbonyl (C=O) groups excluding carboxylic acids is 1. The number of aromatic nitrogens is 1. The molecular formula is C18H12F4N2O2. The number of nitrogens with one attached hydrogen (secondary N) is 1. The van der Waals surface area contributed by atoms with Crippen molar-refractivity contribution in [2.24, 2.45) is 0 Å². The Labute approximate surface area is 144 Å². The Hall–Kier alpha value is -3.16. The number of fused-ring (bicyclic) bond motifs is 1. The van der Waals surface area contributed by atoms with E-state index in [9.17, 15) is 27.2 Å². The molecule has 0 aliphatic carbocycles. The molecule has 3 aromatic rings. The molecule has 134 valence electrons. The van der Waals surface area contributed by atoms with Gasteiger partial charge in [0.1, 0.15) is 12.4 Å². The molecule has 0 spiro atoms. The number of halogens is 4. The average Bonchev–Trinajstić information content (AvgIpc) is 2.57. The number of nitrogens with zero attached hydrogens (tertiary/aromatic N) is 1. The van der Waals surface area contributed by atoms with E-state index in [1.807, 2.05) is 0 Å². The van der Waals surface area contributed by atoms with Crippen molar-refractivity contribution in [3.8, 4) is 0 Å². The fraction of sp³-hybridized carbons (Fsp3) is 0.111. The van der Waals surface area contributed by atoms with Crippen molar-refractivity contribution in [1.82, 2.24) is 4.57 Å². The van der Waals surface area contributed by atoms with E-state index in [1.54, 1.807) is 0 Å². The van der Waals surface area contributed by atoms with Crippen molar-refractivity contribution >= 4 is 22.5 Å². The van der Waals surface area contributed by atoms with E-state index in [0.29, 0.717) is 5.52 Å². The molecule has 1 heterocycles. The highest BCUT2D eigenvalue weighted by Gasteiger charge is 2.30. The van der Waals surface area contributed by atoms with E-state index in [2.05, 4.69) is 5.32 Å². The average molecular weight is 364 g/mol. The van der Waals surface area contributed by atoms with Crippen molar-refractivity contribution in [1.29, 1.82) is 0 Å². The van der Waals surface area contributed by atoms with Crippen molar-refractivity contribution in [3.63, 3.8) is 0 Å². The molecule has 1 amide bonds. The quantitative estimate of drug-likeness (QED) is 0.719. The fourth-order valence-electron chi connectivity index (χ4n) is 2.55. The number of hydrogen-bond acceptors (Lipinski definition) is 2. The molecule has 4 nitrogen and oxygen atoms in total. The zero-order valence-electron chi connectivity index (χ0n) is 13.2. The van der Waals surface area contributed by atoms with E-state index in [-0.39, 0.29) is 17.6 Å². The van der Waals surface area contributed by atoms with Crippen LogP contribution in [-0.2, 0) is 17.5 Å². The predicted octanol–water partition coefficient (Wildman–Crippen LogP) is 3.80. The summed E-state index contributed by atoms with van der Waals surface area (Å²) in [5.41, 5.74) is -0.923. The van der Waals surface area contributed by atoms with Gasteiger partial charge in [0, 0.05) is 23.3 Å². The van der Waals surface area contributed by atoms with Gasteiger partial charge in [-0.15, -0.1) is 0 Å². The standard InChI is InChI=1S/C18H12F4N2O2/c19-12-4-5-15-14(9-12)16(25)6-7-24(15)10-17(26)23-13-3-1-2-11(8-13)18(20,21)22/h1-9H,10H2,(H,23,26). The highest BCUT2D eigenvalue weighted by Crippen LogP contribution is 2.30. The minimum Gasteiger partial charge on any atom is -0.338 e. The molecule has 0 saturated carbocycles. The first-order valence-corrected chi connectivity index (χ1v) is 7.50. The van der Waals surface area contributed by atoms with E-state index in [4.69, 9.17) is 0 Å². The summed E-state index contributed by atoms with van der Waals surface area (Å²) in [4.78, 5) is 24.0. The second-order valence-electron chi connectivity index (χ2n) is 5.60. The van der Waals surface area contributed by atoms with Crippen LogP contribution in [-0.4, -0.2) is 10.5 Å². The normalized spacial score (nSPS) is 11.5. The summed E-state index contributed by atoms with van der Waals surface area (Å²) in [5, 5.41) is 2.49. The van der Waals surface area contributed by atoms with Gasteiger partial charge in [-0.1, -0.05) is 6.07 Å². The summed E-state index contributed by atoms with van der Waals surface area (Å²) in [6, 6.07) is 9.04. The maximum atomic E-state index is 13.3. The van der Waals surface area contributed by atoms with Crippen molar-refractivity contribution in [2.75, 3.05) is 5.32 Å². The summed E-state index contributed by atoms with van der Waals surface area (Å²) >= 11 is 0. The van der Waals surface area contributed by atoms with Gasteiger partial charge in [-0.05, 0) is 36.4 Å². The van der Waals surface area contributed by atoms with E-state index < -0.39 is 28.9 Å². The lowest BCUT2D eigenvalue weighted by Crippen LogP contribution is -2.20.